The topological polar surface area (TPSA) is 82.7 Å². The Morgan fingerprint density at radius 2 is 1.71 bits per heavy atom. The second-order valence-corrected chi connectivity index (χ2v) is 6.73. The van der Waals surface area contributed by atoms with Crippen LogP contribution in [0.4, 0.5) is 21.0 Å². The van der Waals surface area contributed by atoms with Gasteiger partial charge in [0.25, 0.3) is 0 Å². The molecular formula is C21H26N4O3. The van der Waals surface area contributed by atoms with Crippen LogP contribution in [0.15, 0.2) is 54.6 Å². The normalized spacial score (nSPS) is 16.4. The summed E-state index contributed by atoms with van der Waals surface area (Å²) in [6.07, 6.45) is 0.435. The predicted octanol–water partition coefficient (Wildman–Crippen LogP) is 3.65. The molecule has 0 saturated carbocycles. The van der Waals surface area contributed by atoms with Crippen molar-refractivity contribution < 1.29 is 14.3 Å². The van der Waals surface area contributed by atoms with Crippen molar-refractivity contribution in [3.63, 3.8) is 0 Å². The van der Waals surface area contributed by atoms with Gasteiger partial charge in [-0.25, -0.2) is 9.59 Å². The Bertz CT molecular complexity index is 780. The van der Waals surface area contributed by atoms with E-state index >= 15 is 0 Å². The van der Waals surface area contributed by atoms with E-state index in [1.807, 2.05) is 18.2 Å². The number of urea groups is 1. The number of amides is 3. The molecule has 3 rings (SSSR count). The SMILES string of the molecule is CCOC(=O)Nc1ccc(NC(=O)N[C@@H]2CCN(Cc3ccccc3)C2)cc1. The summed E-state index contributed by atoms with van der Waals surface area (Å²) in [4.78, 5) is 26.0. The largest absolute Gasteiger partial charge is 0.450 e. The second-order valence-electron chi connectivity index (χ2n) is 6.73. The first kappa shape index (κ1) is 19.7. The quantitative estimate of drug-likeness (QED) is 0.712. The van der Waals surface area contributed by atoms with Crippen LogP contribution in [-0.4, -0.2) is 42.8 Å². The van der Waals surface area contributed by atoms with E-state index in [0.29, 0.717) is 18.0 Å². The standard InChI is InChI=1S/C21H26N4O3/c1-2-28-21(27)24-18-10-8-17(9-11-18)22-20(26)23-19-12-13-25(15-19)14-16-6-4-3-5-7-16/h3-11,19H,2,12-15H2,1H3,(H,24,27)(H2,22,23,26)/t19-/m1/s1. The van der Waals surface area contributed by atoms with Gasteiger partial charge < -0.3 is 15.4 Å². The maximum absolute atomic E-state index is 12.3. The summed E-state index contributed by atoms with van der Waals surface area (Å²) in [7, 11) is 0. The van der Waals surface area contributed by atoms with Crippen molar-refractivity contribution in [3.8, 4) is 0 Å². The van der Waals surface area contributed by atoms with Gasteiger partial charge in [-0.15, -0.1) is 0 Å². The molecule has 1 fully saturated rings. The fourth-order valence-corrected chi connectivity index (χ4v) is 3.21. The Hall–Kier alpha value is -3.06. The number of anilines is 2. The Morgan fingerprint density at radius 3 is 2.39 bits per heavy atom. The van der Waals surface area contributed by atoms with Crippen LogP contribution in [0.5, 0.6) is 0 Å². The van der Waals surface area contributed by atoms with Gasteiger partial charge in [-0.1, -0.05) is 30.3 Å². The van der Waals surface area contributed by atoms with E-state index < -0.39 is 6.09 Å². The van der Waals surface area contributed by atoms with Crippen LogP contribution in [-0.2, 0) is 11.3 Å². The van der Waals surface area contributed by atoms with Crippen LogP contribution >= 0.6 is 0 Å². The second kappa shape index (κ2) is 9.75. The molecule has 148 valence electrons. The molecule has 7 nitrogen and oxygen atoms in total. The van der Waals surface area contributed by atoms with E-state index in [1.54, 1.807) is 31.2 Å². The fraction of sp³-hybridized carbons (Fsp3) is 0.333. The van der Waals surface area contributed by atoms with Crippen molar-refractivity contribution >= 4 is 23.5 Å². The lowest BCUT2D eigenvalue weighted by atomic mass is 10.2. The molecular weight excluding hydrogens is 356 g/mol. The van der Waals surface area contributed by atoms with Crippen molar-refractivity contribution in [2.75, 3.05) is 30.3 Å². The molecule has 0 bridgehead atoms. The van der Waals surface area contributed by atoms with Gasteiger partial charge in [0, 0.05) is 37.1 Å². The predicted molar refractivity (Wildman–Crippen MR) is 109 cm³/mol. The summed E-state index contributed by atoms with van der Waals surface area (Å²) in [5.74, 6) is 0. The molecule has 0 spiro atoms. The van der Waals surface area contributed by atoms with E-state index in [-0.39, 0.29) is 12.1 Å². The van der Waals surface area contributed by atoms with Gasteiger partial charge in [0.05, 0.1) is 6.61 Å². The molecule has 3 N–H and O–H groups in total. The molecule has 28 heavy (non-hydrogen) atoms. The van der Waals surface area contributed by atoms with Gasteiger partial charge in [0.2, 0.25) is 0 Å². The molecule has 2 aromatic rings. The monoisotopic (exact) mass is 382 g/mol. The molecule has 0 aliphatic carbocycles. The van der Waals surface area contributed by atoms with Gasteiger partial charge in [0.15, 0.2) is 0 Å². The highest BCUT2D eigenvalue weighted by molar-refractivity contribution is 5.90. The number of hydrogen-bond acceptors (Lipinski definition) is 4. The summed E-state index contributed by atoms with van der Waals surface area (Å²) < 4.78 is 4.83. The van der Waals surface area contributed by atoms with Crippen LogP contribution < -0.4 is 16.0 Å². The molecule has 7 heteroatoms. The maximum atomic E-state index is 12.3. The third kappa shape index (κ3) is 5.99. The highest BCUT2D eigenvalue weighted by Crippen LogP contribution is 2.15. The number of nitrogens with one attached hydrogen (secondary N) is 3. The lowest BCUT2D eigenvalue weighted by molar-refractivity contribution is 0.168. The Morgan fingerprint density at radius 1 is 1.04 bits per heavy atom. The van der Waals surface area contributed by atoms with Crippen molar-refractivity contribution in [2.45, 2.75) is 25.9 Å². The van der Waals surface area contributed by atoms with Gasteiger partial charge in [-0.3, -0.25) is 10.2 Å². The van der Waals surface area contributed by atoms with Crippen LogP contribution in [0.25, 0.3) is 0 Å². The first-order chi connectivity index (χ1) is 13.6. The van der Waals surface area contributed by atoms with Crippen molar-refractivity contribution in [1.82, 2.24) is 10.2 Å². The van der Waals surface area contributed by atoms with Crippen LogP contribution in [0.2, 0.25) is 0 Å². The summed E-state index contributed by atoms with van der Waals surface area (Å²) in [5.41, 5.74) is 2.55. The molecule has 1 aliphatic heterocycles. The summed E-state index contributed by atoms with van der Waals surface area (Å²) in [6, 6.07) is 17.1. The van der Waals surface area contributed by atoms with E-state index in [1.165, 1.54) is 5.56 Å². The molecule has 2 aromatic carbocycles. The van der Waals surface area contributed by atoms with E-state index in [0.717, 1.165) is 26.1 Å². The van der Waals surface area contributed by atoms with Crippen molar-refractivity contribution in [2.24, 2.45) is 0 Å². The number of likely N-dealkylation sites (tertiary alicyclic amines) is 1. The van der Waals surface area contributed by atoms with Crippen molar-refractivity contribution in [1.29, 1.82) is 0 Å². The van der Waals surface area contributed by atoms with Gasteiger partial charge >= 0.3 is 12.1 Å². The smallest absolute Gasteiger partial charge is 0.411 e. The van der Waals surface area contributed by atoms with Gasteiger partial charge in [-0.2, -0.15) is 0 Å². The fourth-order valence-electron chi connectivity index (χ4n) is 3.21. The van der Waals surface area contributed by atoms with E-state index in [4.69, 9.17) is 4.74 Å². The summed E-state index contributed by atoms with van der Waals surface area (Å²) in [6.45, 7) is 4.76. The minimum absolute atomic E-state index is 0.133. The molecule has 0 aromatic heterocycles. The van der Waals surface area contributed by atoms with E-state index in [9.17, 15) is 9.59 Å². The van der Waals surface area contributed by atoms with Crippen molar-refractivity contribution in [3.05, 3.63) is 60.2 Å². The zero-order valence-corrected chi connectivity index (χ0v) is 16.0. The maximum Gasteiger partial charge on any atom is 0.411 e. The van der Waals surface area contributed by atoms with Crippen LogP contribution in [0.3, 0.4) is 0 Å². The number of hydrogen-bond donors (Lipinski definition) is 3. The lowest BCUT2D eigenvalue weighted by Crippen LogP contribution is -2.39. The summed E-state index contributed by atoms with van der Waals surface area (Å²) >= 11 is 0. The Kier molecular flexibility index (Phi) is 6.86. The average molecular weight is 382 g/mol. The lowest BCUT2D eigenvalue weighted by Gasteiger charge is -2.17. The van der Waals surface area contributed by atoms with Gasteiger partial charge in [0.1, 0.15) is 0 Å². The molecule has 3 amide bonds. The number of carbonyl (C=O) groups excluding carboxylic acids is 2. The molecule has 1 saturated heterocycles. The summed E-state index contributed by atoms with van der Waals surface area (Å²) in [5, 5.41) is 8.46. The third-order valence-corrected chi connectivity index (χ3v) is 4.52. The molecule has 1 atom stereocenters. The highest BCUT2D eigenvalue weighted by atomic mass is 16.5. The van der Waals surface area contributed by atoms with Crippen LogP contribution in [0.1, 0.15) is 18.9 Å². The highest BCUT2D eigenvalue weighted by Gasteiger charge is 2.23. The molecule has 0 radical (unpaired) electrons. The first-order valence-corrected chi connectivity index (χ1v) is 9.50. The third-order valence-electron chi connectivity index (χ3n) is 4.52. The minimum atomic E-state index is -0.498. The number of benzene rings is 2. The minimum Gasteiger partial charge on any atom is -0.450 e. The number of carbonyl (C=O) groups is 2. The van der Waals surface area contributed by atoms with E-state index in [2.05, 4.69) is 33.0 Å². The molecule has 1 aliphatic rings. The van der Waals surface area contributed by atoms with Gasteiger partial charge in [-0.05, 0) is 43.2 Å². The first-order valence-electron chi connectivity index (χ1n) is 9.50. The Labute approximate surface area is 165 Å². The molecule has 0 unspecified atom stereocenters. The number of ether oxygens (including phenoxy) is 1. The average Bonchev–Trinajstić information content (AvgIpc) is 3.11. The zero-order chi connectivity index (χ0) is 19.8. The molecule has 1 heterocycles. The van der Waals surface area contributed by atoms with Crippen LogP contribution in [0, 0.1) is 0 Å². The Balaban J connectivity index is 1.42. The zero-order valence-electron chi connectivity index (χ0n) is 16.0. The number of rotatable bonds is 6. The number of nitrogens with zero attached hydrogens (tertiary/aromatic N) is 1.